The first kappa shape index (κ1) is 20.4. The summed E-state index contributed by atoms with van der Waals surface area (Å²) in [6.07, 6.45) is 1.02. The molecule has 0 aromatic heterocycles. The van der Waals surface area contributed by atoms with Crippen LogP contribution in [0.25, 0.3) is 0 Å². The zero-order valence-corrected chi connectivity index (χ0v) is 16.2. The summed E-state index contributed by atoms with van der Waals surface area (Å²) in [7, 11) is -2.29. The molecule has 0 radical (unpaired) electrons. The highest BCUT2D eigenvalue weighted by atomic mass is 32.2. The van der Waals surface area contributed by atoms with Crippen LogP contribution in [0.4, 0.5) is 11.4 Å². The van der Waals surface area contributed by atoms with Crippen molar-refractivity contribution in [3.05, 3.63) is 59.7 Å². The molecule has 2 aromatic rings. The first-order chi connectivity index (χ1) is 12.7. The first-order valence-corrected chi connectivity index (χ1v) is 10.1. The van der Waals surface area contributed by atoms with Gasteiger partial charge in [-0.1, -0.05) is 24.3 Å². The van der Waals surface area contributed by atoms with E-state index in [1.54, 1.807) is 36.4 Å². The average molecular weight is 390 g/mol. The second-order valence-electron chi connectivity index (χ2n) is 6.01. The summed E-state index contributed by atoms with van der Waals surface area (Å²) in [4.78, 5) is 24.1. The van der Waals surface area contributed by atoms with Crippen LogP contribution in [0.15, 0.2) is 48.5 Å². The van der Waals surface area contributed by atoms with Crippen LogP contribution in [0.2, 0.25) is 0 Å². The molecule has 8 heteroatoms. The summed E-state index contributed by atoms with van der Waals surface area (Å²) >= 11 is 0. The van der Waals surface area contributed by atoms with Crippen molar-refractivity contribution >= 4 is 33.3 Å². The van der Waals surface area contributed by atoms with E-state index in [0.29, 0.717) is 11.4 Å². The maximum absolute atomic E-state index is 12.3. The lowest BCUT2D eigenvalue weighted by Gasteiger charge is -2.22. The van der Waals surface area contributed by atoms with Crippen LogP contribution in [0.1, 0.15) is 22.3 Å². The number of carbonyl (C=O) groups excluding carboxylic acids is 2. The molecular formula is C19H22N2O5S. The highest BCUT2D eigenvalue weighted by Gasteiger charge is 2.19. The van der Waals surface area contributed by atoms with Crippen LogP contribution >= 0.6 is 0 Å². The average Bonchev–Trinajstić information content (AvgIpc) is 2.60. The van der Waals surface area contributed by atoms with Crippen molar-refractivity contribution in [1.82, 2.24) is 0 Å². The fourth-order valence-corrected chi connectivity index (χ4v) is 3.48. The van der Waals surface area contributed by atoms with E-state index < -0.39 is 21.9 Å². The quantitative estimate of drug-likeness (QED) is 0.734. The summed E-state index contributed by atoms with van der Waals surface area (Å²) in [6, 6.07) is 13.5. The van der Waals surface area contributed by atoms with E-state index in [1.807, 2.05) is 13.0 Å². The molecule has 0 bridgehead atoms. The molecule has 0 saturated carbocycles. The van der Waals surface area contributed by atoms with Crippen LogP contribution in [0, 0.1) is 6.92 Å². The molecule has 0 aliphatic heterocycles. The molecule has 0 unspecified atom stereocenters. The molecule has 27 heavy (non-hydrogen) atoms. The fraction of sp³-hybridized carbons (Fsp3) is 0.263. The Bertz CT molecular complexity index is 941. The summed E-state index contributed by atoms with van der Waals surface area (Å²) in [5, 5.41) is 2.63. The first-order valence-electron chi connectivity index (χ1n) is 8.24. The third-order valence-electron chi connectivity index (χ3n) is 3.84. The van der Waals surface area contributed by atoms with Crippen molar-refractivity contribution in [1.29, 1.82) is 0 Å². The highest BCUT2D eigenvalue weighted by molar-refractivity contribution is 7.92. The van der Waals surface area contributed by atoms with Crippen molar-refractivity contribution < 1.29 is 22.7 Å². The van der Waals surface area contributed by atoms with E-state index in [1.165, 1.54) is 17.5 Å². The molecule has 2 rings (SSSR count). The number of para-hydroxylation sites is 1. The van der Waals surface area contributed by atoms with E-state index >= 15 is 0 Å². The number of benzene rings is 2. The van der Waals surface area contributed by atoms with Crippen LogP contribution in [-0.2, 0) is 19.6 Å². The molecule has 0 heterocycles. The summed E-state index contributed by atoms with van der Waals surface area (Å²) in [6.45, 7) is 1.84. The molecule has 0 aliphatic rings. The number of nitrogens with one attached hydrogen (secondary N) is 1. The second kappa shape index (κ2) is 8.68. The van der Waals surface area contributed by atoms with Gasteiger partial charge in [-0.25, -0.2) is 13.2 Å². The lowest BCUT2D eigenvalue weighted by molar-refractivity contribution is -0.116. The summed E-state index contributed by atoms with van der Waals surface area (Å²) < 4.78 is 30.1. The lowest BCUT2D eigenvalue weighted by atomic mass is 10.1. The minimum absolute atomic E-state index is 0.0193. The molecule has 144 valence electrons. The number of esters is 1. The van der Waals surface area contributed by atoms with Crippen molar-refractivity contribution in [2.75, 3.05) is 29.5 Å². The van der Waals surface area contributed by atoms with Gasteiger partial charge in [0.15, 0.2) is 0 Å². The topological polar surface area (TPSA) is 92.8 Å². The van der Waals surface area contributed by atoms with Gasteiger partial charge in [0.1, 0.15) is 0 Å². The Morgan fingerprint density at radius 2 is 1.81 bits per heavy atom. The number of nitrogens with zero attached hydrogens (tertiary/aromatic N) is 1. The van der Waals surface area contributed by atoms with Gasteiger partial charge in [0.2, 0.25) is 15.9 Å². The maximum Gasteiger partial charge on any atom is 0.339 e. The predicted octanol–water partition coefficient (Wildman–Crippen LogP) is 2.58. The number of rotatable bonds is 7. The zero-order chi connectivity index (χ0) is 20.0. The van der Waals surface area contributed by atoms with E-state index in [4.69, 9.17) is 4.74 Å². The minimum atomic E-state index is -3.55. The monoisotopic (exact) mass is 390 g/mol. The molecule has 1 N–H and O–H groups in total. The molecular weight excluding hydrogens is 368 g/mol. The number of amides is 1. The molecule has 1 amide bonds. The van der Waals surface area contributed by atoms with Gasteiger partial charge >= 0.3 is 5.97 Å². The Hall–Kier alpha value is -2.87. The molecule has 0 saturated heterocycles. The number of methoxy groups -OCH3 is 1. The van der Waals surface area contributed by atoms with Gasteiger partial charge in [0.25, 0.3) is 0 Å². The summed E-state index contributed by atoms with van der Waals surface area (Å²) in [5.74, 6) is -0.976. The van der Waals surface area contributed by atoms with E-state index in [2.05, 4.69) is 5.32 Å². The predicted molar refractivity (Wildman–Crippen MR) is 104 cm³/mol. The third kappa shape index (κ3) is 5.55. The Kier molecular flexibility index (Phi) is 6.57. The molecule has 0 atom stereocenters. The molecule has 7 nitrogen and oxygen atoms in total. The van der Waals surface area contributed by atoms with Crippen molar-refractivity contribution in [2.45, 2.75) is 13.3 Å². The van der Waals surface area contributed by atoms with Gasteiger partial charge in [0, 0.05) is 13.0 Å². The van der Waals surface area contributed by atoms with Crippen molar-refractivity contribution in [3.8, 4) is 0 Å². The van der Waals surface area contributed by atoms with Gasteiger partial charge < -0.3 is 10.1 Å². The fourth-order valence-electron chi connectivity index (χ4n) is 2.57. The highest BCUT2D eigenvalue weighted by Crippen LogP contribution is 2.20. The Morgan fingerprint density at radius 1 is 1.11 bits per heavy atom. The second-order valence-corrected chi connectivity index (χ2v) is 7.92. The van der Waals surface area contributed by atoms with Crippen LogP contribution in [0.3, 0.4) is 0 Å². The number of aryl methyl sites for hydroxylation is 1. The van der Waals surface area contributed by atoms with E-state index in [9.17, 15) is 18.0 Å². The Morgan fingerprint density at radius 3 is 2.44 bits per heavy atom. The lowest BCUT2D eigenvalue weighted by Crippen LogP contribution is -2.33. The van der Waals surface area contributed by atoms with Gasteiger partial charge in [-0.2, -0.15) is 0 Å². The Labute approximate surface area is 159 Å². The minimum Gasteiger partial charge on any atom is -0.465 e. The van der Waals surface area contributed by atoms with Gasteiger partial charge in [0.05, 0.1) is 30.3 Å². The van der Waals surface area contributed by atoms with Gasteiger partial charge in [-0.15, -0.1) is 0 Å². The number of hydrogen-bond donors (Lipinski definition) is 1. The number of carbonyl (C=O) groups is 2. The van der Waals surface area contributed by atoms with E-state index in [0.717, 1.165) is 11.8 Å². The van der Waals surface area contributed by atoms with Crippen LogP contribution < -0.4 is 9.62 Å². The standard InChI is InChI=1S/C19H22N2O5S/c1-14-7-6-8-15(13-14)21(27(3,24)25)12-11-18(22)20-17-10-5-4-9-16(17)19(23)26-2/h4-10,13H,11-12H2,1-3H3,(H,20,22). The number of hydrogen-bond acceptors (Lipinski definition) is 5. The molecule has 0 spiro atoms. The molecule has 0 aliphatic carbocycles. The van der Waals surface area contributed by atoms with Crippen molar-refractivity contribution in [3.63, 3.8) is 0 Å². The smallest absolute Gasteiger partial charge is 0.339 e. The van der Waals surface area contributed by atoms with E-state index in [-0.39, 0.29) is 18.5 Å². The number of ether oxygens (including phenoxy) is 1. The third-order valence-corrected chi connectivity index (χ3v) is 5.03. The van der Waals surface area contributed by atoms with Crippen molar-refractivity contribution in [2.24, 2.45) is 0 Å². The van der Waals surface area contributed by atoms with Gasteiger partial charge in [-0.05, 0) is 36.8 Å². The van der Waals surface area contributed by atoms with Gasteiger partial charge in [-0.3, -0.25) is 9.10 Å². The largest absolute Gasteiger partial charge is 0.465 e. The normalized spacial score (nSPS) is 10.9. The van der Waals surface area contributed by atoms with Crippen LogP contribution in [-0.4, -0.2) is 40.2 Å². The Balaban J connectivity index is 2.12. The molecule has 2 aromatic carbocycles. The SMILES string of the molecule is COC(=O)c1ccccc1NC(=O)CCN(c1cccc(C)c1)S(C)(=O)=O. The summed E-state index contributed by atoms with van der Waals surface area (Å²) in [5.41, 5.74) is 1.96. The maximum atomic E-state index is 12.3. The van der Waals surface area contributed by atoms with Crippen LogP contribution in [0.5, 0.6) is 0 Å². The molecule has 0 fully saturated rings. The number of anilines is 2. The number of sulfonamides is 1. The zero-order valence-electron chi connectivity index (χ0n) is 15.4.